The normalized spacial score (nSPS) is 10.1. The van der Waals surface area contributed by atoms with Crippen molar-refractivity contribution in [2.24, 2.45) is 0 Å². The molecule has 0 amide bonds. The molecule has 0 saturated carbocycles. The molecule has 0 fully saturated rings. The number of carboxylic acids is 1. The lowest BCUT2D eigenvalue weighted by atomic mass is 10.1. The van der Waals surface area contributed by atoms with Crippen LogP contribution in [0.3, 0.4) is 0 Å². The van der Waals surface area contributed by atoms with Gasteiger partial charge >= 0.3 is 5.97 Å². The van der Waals surface area contributed by atoms with Gasteiger partial charge in [-0.05, 0) is 12.1 Å². The molecule has 0 unspecified atom stereocenters. The molecule has 0 radical (unpaired) electrons. The molecule has 0 aliphatic rings. The maximum absolute atomic E-state index is 12.9. The Bertz CT molecular complexity index is 352. The third kappa shape index (κ3) is 2.03. The van der Waals surface area contributed by atoms with Gasteiger partial charge in [-0.3, -0.25) is 0 Å². The molecule has 0 saturated heterocycles. The topological polar surface area (TPSA) is 37.3 Å². The SMILES string of the molecule is O=C(O)c1cc(Br)cc(F)c1CF. The number of hydrogen-bond donors (Lipinski definition) is 1. The molecule has 1 aromatic carbocycles. The monoisotopic (exact) mass is 250 g/mol. The van der Waals surface area contributed by atoms with Crippen LogP contribution >= 0.6 is 15.9 Å². The quantitative estimate of drug-likeness (QED) is 0.877. The highest BCUT2D eigenvalue weighted by molar-refractivity contribution is 9.10. The first-order valence-corrected chi connectivity index (χ1v) is 4.12. The van der Waals surface area contributed by atoms with Crippen molar-refractivity contribution in [2.45, 2.75) is 6.67 Å². The zero-order chi connectivity index (χ0) is 10.0. The highest BCUT2D eigenvalue weighted by Gasteiger charge is 2.15. The third-order valence-electron chi connectivity index (χ3n) is 1.52. The zero-order valence-electron chi connectivity index (χ0n) is 6.35. The number of rotatable bonds is 2. The van der Waals surface area contributed by atoms with Gasteiger partial charge in [-0.2, -0.15) is 0 Å². The Morgan fingerprint density at radius 2 is 2.15 bits per heavy atom. The molecule has 0 aliphatic heterocycles. The Labute approximate surface area is 81.3 Å². The van der Waals surface area contributed by atoms with Gasteiger partial charge in [0.2, 0.25) is 0 Å². The first-order chi connectivity index (χ1) is 6.06. The summed E-state index contributed by atoms with van der Waals surface area (Å²) in [6.45, 7) is -1.12. The van der Waals surface area contributed by atoms with Crippen LogP contribution in [0.15, 0.2) is 16.6 Å². The molecule has 5 heteroatoms. The Kier molecular flexibility index (Phi) is 2.98. The van der Waals surface area contributed by atoms with Crippen molar-refractivity contribution in [1.82, 2.24) is 0 Å². The first-order valence-electron chi connectivity index (χ1n) is 3.33. The lowest BCUT2D eigenvalue weighted by Crippen LogP contribution is -2.03. The smallest absolute Gasteiger partial charge is 0.336 e. The number of halogens is 3. The molecule has 13 heavy (non-hydrogen) atoms. The predicted molar refractivity (Wildman–Crippen MR) is 45.9 cm³/mol. The fourth-order valence-electron chi connectivity index (χ4n) is 0.930. The van der Waals surface area contributed by atoms with Crippen molar-refractivity contribution in [3.05, 3.63) is 33.5 Å². The molecule has 2 nitrogen and oxygen atoms in total. The molecule has 0 bridgehead atoms. The van der Waals surface area contributed by atoms with Crippen molar-refractivity contribution >= 4 is 21.9 Å². The Balaban J connectivity index is 3.38. The minimum Gasteiger partial charge on any atom is -0.478 e. The summed E-state index contributed by atoms with van der Waals surface area (Å²) in [7, 11) is 0. The molecule has 1 aromatic rings. The van der Waals surface area contributed by atoms with E-state index >= 15 is 0 Å². The van der Waals surface area contributed by atoms with Crippen molar-refractivity contribution in [3.63, 3.8) is 0 Å². The third-order valence-corrected chi connectivity index (χ3v) is 1.98. The van der Waals surface area contributed by atoms with E-state index in [1.165, 1.54) is 6.07 Å². The van der Waals surface area contributed by atoms with Gasteiger partial charge in [0.05, 0.1) is 5.56 Å². The summed E-state index contributed by atoms with van der Waals surface area (Å²) in [5.74, 6) is -2.19. The van der Waals surface area contributed by atoms with Crippen LogP contribution in [0, 0.1) is 5.82 Å². The highest BCUT2D eigenvalue weighted by atomic mass is 79.9. The van der Waals surface area contributed by atoms with Crippen molar-refractivity contribution in [2.75, 3.05) is 0 Å². The number of benzene rings is 1. The van der Waals surface area contributed by atoms with Crippen molar-refractivity contribution in [3.8, 4) is 0 Å². The second kappa shape index (κ2) is 3.83. The van der Waals surface area contributed by atoms with Crippen LogP contribution in [-0.4, -0.2) is 11.1 Å². The summed E-state index contributed by atoms with van der Waals surface area (Å²) in [4.78, 5) is 10.5. The summed E-state index contributed by atoms with van der Waals surface area (Å²) >= 11 is 2.92. The molecule has 1 N–H and O–H groups in total. The van der Waals surface area contributed by atoms with E-state index in [1.54, 1.807) is 0 Å². The fraction of sp³-hybridized carbons (Fsp3) is 0.125. The lowest BCUT2D eigenvalue weighted by molar-refractivity contribution is 0.0694. The Morgan fingerprint density at radius 1 is 1.54 bits per heavy atom. The maximum atomic E-state index is 12.9. The molecule has 0 aliphatic carbocycles. The summed E-state index contributed by atoms with van der Waals surface area (Å²) < 4.78 is 25.4. The van der Waals surface area contributed by atoms with Crippen LogP contribution in [0.5, 0.6) is 0 Å². The van der Waals surface area contributed by atoms with Gasteiger partial charge in [0, 0.05) is 10.0 Å². The van der Waals surface area contributed by atoms with Gasteiger partial charge in [-0.1, -0.05) is 15.9 Å². The van der Waals surface area contributed by atoms with Crippen molar-refractivity contribution < 1.29 is 18.7 Å². The van der Waals surface area contributed by atoms with Gasteiger partial charge in [0.25, 0.3) is 0 Å². The predicted octanol–water partition coefficient (Wildman–Crippen LogP) is 2.76. The standard InChI is InChI=1S/C8H5BrF2O2/c9-4-1-5(8(12)13)6(3-10)7(11)2-4/h1-2H,3H2,(H,12,13). The first kappa shape index (κ1) is 10.1. The number of alkyl halides is 1. The molecular formula is C8H5BrF2O2. The van der Waals surface area contributed by atoms with E-state index in [0.29, 0.717) is 0 Å². The summed E-state index contributed by atoms with van der Waals surface area (Å²) in [5.41, 5.74) is -0.773. The summed E-state index contributed by atoms with van der Waals surface area (Å²) in [6.07, 6.45) is 0. The zero-order valence-corrected chi connectivity index (χ0v) is 7.94. The average Bonchev–Trinajstić information content (AvgIpc) is 2.02. The molecule has 0 aromatic heterocycles. The van der Waals surface area contributed by atoms with E-state index in [0.717, 1.165) is 6.07 Å². The Morgan fingerprint density at radius 3 is 2.62 bits per heavy atom. The molecule has 0 spiro atoms. The van der Waals surface area contributed by atoms with Gasteiger partial charge in [-0.25, -0.2) is 13.6 Å². The number of carboxylic acid groups (broad SMARTS) is 1. The number of hydrogen-bond acceptors (Lipinski definition) is 1. The van der Waals surface area contributed by atoms with E-state index in [9.17, 15) is 13.6 Å². The lowest BCUT2D eigenvalue weighted by Gasteiger charge is -2.03. The van der Waals surface area contributed by atoms with E-state index in [1.807, 2.05) is 0 Å². The number of aromatic carboxylic acids is 1. The van der Waals surface area contributed by atoms with Crippen LogP contribution < -0.4 is 0 Å². The second-order valence-corrected chi connectivity index (χ2v) is 3.27. The number of carbonyl (C=O) groups is 1. The Hall–Kier alpha value is -0.970. The van der Waals surface area contributed by atoms with E-state index in [2.05, 4.69) is 15.9 Å². The average molecular weight is 251 g/mol. The summed E-state index contributed by atoms with van der Waals surface area (Å²) in [6, 6.07) is 2.20. The van der Waals surface area contributed by atoms with Gasteiger partial charge < -0.3 is 5.11 Å². The van der Waals surface area contributed by atoms with E-state index < -0.39 is 24.0 Å². The van der Waals surface area contributed by atoms with Crippen LogP contribution in [-0.2, 0) is 6.67 Å². The second-order valence-electron chi connectivity index (χ2n) is 2.35. The molecular weight excluding hydrogens is 246 g/mol. The molecule has 0 heterocycles. The van der Waals surface area contributed by atoms with E-state index in [-0.39, 0.29) is 10.0 Å². The van der Waals surface area contributed by atoms with Crippen LogP contribution in [0.1, 0.15) is 15.9 Å². The van der Waals surface area contributed by atoms with Crippen LogP contribution in [0.25, 0.3) is 0 Å². The highest BCUT2D eigenvalue weighted by Crippen LogP contribution is 2.21. The maximum Gasteiger partial charge on any atom is 0.336 e. The fourth-order valence-corrected chi connectivity index (χ4v) is 1.36. The minimum atomic E-state index is -1.34. The van der Waals surface area contributed by atoms with Gasteiger partial charge in [0.15, 0.2) is 0 Å². The van der Waals surface area contributed by atoms with Crippen molar-refractivity contribution in [1.29, 1.82) is 0 Å². The van der Waals surface area contributed by atoms with Gasteiger partial charge in [-0.15, -0.1) is 0 Å². The van der Waals surface area contributed by atoms with E-state index in [4.69, 9.17) is 5.11 Å². The van der Waals surface area contributed by atoms with Crippen LogP contribution in [0.2, 0.25) is 0 Å². The minimum absolute atomic E-state index is 0.277. The largest absolute Gasteiger partial charge is 0.478 e. The molecule has 0 atom stereocenters. The van der Waals surface area contributed by atoms with Gasteiger partial charge in [0.1, 0.15) is 12.5 Å². The molecule has 70 valence electrons. The van der Waals surface area contributed by atoms with Crippen LogP contribution in [0.4, 0.5) is 8.78 Å². The molecule has 1 rings (SSSR count). The summed E-state index contributed by atoms with van der Waals surface area (Å²) in [5, 5.41) is 8.59.